The quantitative estimate of drug-likeness (QED) is 0.0924. The number of hydrogen-bond acceptors (Lipinski definition) is 14. The number of ether oxygens (including phenoxy) is 4. The molecular formula is C70H91N7O14. The van der Waals surface area contributed by atoms with Crippen molar-refractivity contribution in [1.29, 1.82) is 0 Å². The van der Waals surface area contributed by atoms with E-state index >= 15 is 0 Å². The lowest BCUT2D eigenvalue weighted by molar-refractivity contribution is -0.165. The highest BCUT2D eigenvalue weighted by atomic mass is 16.5. The molecule has 0 saturated carbocycles. The highest BCUT2D eigenvalue weighted by molar-refractivity contribution is 6.38. The van der Waals surface area contributed by atoms with Crippen LogP contribution in [0, 0.1) is 17.3 Å². The van der Waals surface area contributed by atoms with E-state index in [0.29, 0.717) is 47.6 Å². The van der Waals surface area contributed by atoms with E-state index in [1.54, 1.807) is 63.4 Å². The van der Waals surface area contributed by atoms with Gasteiger partial charge in [-0.2, -0.15) is 0 Å². The maximum atomic E-state index is 15.0. The lowest BCUT2D eigenvalue weighted by Gasteiger charge is -2.36. The molecule has 4 aromatic carbocycles. The summed E-state index contributed by atoms with van der Waals surface area (Å²) in [5.41, 5.74) is 1.61. The topological polar surface area (TPSA) is 257 Å². The predicted octanol–water partition coefficient (Wildman–Crippen LogP) is 7.39. The molecule has 2 aliphatic heterocycles. The Kier molecular flexibility index (Phi) is 26.4. The number of nitrogens with zero attached hydrogens (tertiary/aromatic N) is 4. The van der Waals surface area contributed by atoms with Crippen LogP contribution in [0.3, 0.4) is 0 Å². The van der Waals surface area contributed by atoms with E-state index in [0.717, 1.165) is 17.2 Å². The van der Waals surface area contributed by atoms with Crippen molar-refractivity contribution < 1.29 is 66.9 Å². The average molecular weight is 1250 g/mol. The zero-order valence-corrected chi connectivity index (χ0v) is 54.5. The van der Waals surface area contributed by atoms with Gasteiger partial charge in [-0.15, -0.1) is 0 Å². The molecule has 1 fully saturated rings. The van der Waals surface area contributed by atoms with Crippen molar-refractivity contribution in [2.45, 2.75) is 148 Å². The number of aryl methyl sites for hydroxylation is 1. The third kappa shape index (κ3) is 20.3. The van der Waals surface area contributed by atoms with E-state index in [1.165, 1.54) is 67.8 Å². The fourth-order valence-corrected chi connectivity index (χ4v) is 11.3. The lowest BCUT2D eigenvalue weighted by Crippen LogP contribution is -2.60. The van der Waals surface area contributed by atoms with E-state index in [1.807, 2.05) is 74.5 Å². The summed E-state index contributed by atoms with van der Waals surface area (Å²) in [5.74, 6) is -6.26. The molecule has 6 rings (SSSR count). The maximum absolute atomic E-state index is 15.0. The minimum Gasteiger partial charge on any atom is -0.493 e. The molecule has 0 unspecified atom stereocenters. The van der Waals surface area contributed by atoms with Gasteiger partial charge in [0.05, 0.1) is 19.6 Å². The molecule has 490 valence electrons. The molecule has 4 aromatic rings. The van der Waals surface area contributed by atoms with Crippen LogP contribution in [0.25, 0.3) is 0 Å². The van der Waals surface area contributed by atoms with Gasteiger partial charge in [-0.3, -0.25) is 38.4 Å². The van der Waals surface area contributed by atoms with Crippen LogP contribution in [-0.2, 0) is 76.7 Å². The summed E-state index contributed by atoms with van der Waals surface area (Å²) in [5, 5.41) is 8.75. The van der Waals surface area contributed by atoms with E-state index in [2.05, 4.69) is 16.0 Å². The minimum absolute atomic E-state index is 0.0283. The molecule has 21 heteroatoms. The Hall–Kier alpha value is -8.88. The van der Waals surface area contributed by atoms with E-state index in [-0.39, 0.29) is 70.4 Å². The summed E-state index contributed by atoms with van der Waals surface area (Å²) in [6.07, 6.45) is 3.54. The number of fused-ring (bicyclic) bond motifs is 3. The number of piperidine rings is 1. The first-order valence-corrected chi connectivity index (χ1v) is 31.3. The van der Waals surface area contributed by atoms with Crippen LogP contribution in [0.1, 0.15) is 121 Å². The maximum Gasteiger partial charge on any atom is 0.330 e. The van der Waals surface area contributed by atoms with Crippen LogP contribution in [0.15, 0.2) is 115 Å². The van der Waals surface area contributed by atoms with Gasteiger partial charge < -0.3 is 54.5 Å². The molecule has 1 saturated heterocycles. The molecule has 7 amide bonds. The third-order valence-corrected chi connectivity index (χ3v) is 16.5. The zero-order valence-electron chi connectivity index (χ0n) is 54.5. The van der Waals surface area contributed by atoms with Crippen LogP contribution >= 0.6 is 0 Å². The van der Waals surface area contributed by atoms with Crippen molar-refractivity contribution in [2.24, 2.45) is 17.3 Å². The second kappa shape index (κ2) is 33.8. The number of anilines is 1. The standard InChI is InChI=1S/C70H91N7O14/c1-45(2)39-55-64(82)72-53(41-48-25-16-13-17-26-48)67(85)76(9)62(46(3)4)65(83)73-52(40-47-23-14-12-15-24-47)66(84)74(7)37-20-19-30-61(80)90-44-70(5,6)63(81)68(86)77-38-21-18-29-54(77)69(87)91-56(33-31-49-32-34-57(88-10)58(42-49)89-11)50-27-22-28-51(43-50)71-59(78)35-36-60(79)75(55)8/h12-17,19,22-28,30,32,34,42-43,45-46,52-56,62H,18,20-21,29,31,33,35-41,44H2,1-11H3,(H,71,78)(H,72,82)(H,73,83)/b30-19-/t52-,53-,54+,55+,56-,62+/m1/s1. The summed E-state index contributed by atoms with van der Waals surface area (Å²) in [7, 11) is 7.57. The van der Waals surface area contributed by atoms with Crippen LogP contribution in [0.2, 0.25) is 0 Å². The average Bonchev–Trinajstić information content (AvgIpc) is 3.71. The first-order chi connectivity index (χ1) is 43.3. The lowest BCUT2D eigenvalue weighted by atomic mass is 9.87. The molecule has 2 aliphatic rings. The number of methoxy groups -OCH3 is 2. The second-order valence-electron chi connectivity index (χ2n) is 24.9. The van der Waals surface area contributed by atoms with Crippen molar-refractivity contribution in [3.05, 3.63) is 138 Å². The number of amides is 7. The third-order valence-electron chi connectivity index (χ3n) is 16.5. The molecule has 0 aliphatic carbocycles. The smallest absolute Gasteiger partial charge is 0.330 e. The van der Waals surface area contributed by atoms with Gasteiger partial charge in [0.25, 0.3) is 5.91 Å². The number of benzene rings is 4. The number of hydrogen-bond donors (Lipinski definition) is 3. The molecule has 6 atom stereocenters. The van der Waals surface area contributed by atoms with Gasteiger partial charge in [0, 0.05) is 71.7 Å². The van der Waals surface area contributed by atoms with Gasteiger partial charge in [-0.25, -0.2) is 9.59 Å². The SMILES string of the molecule is COc1ccc(CC[C@H]2OC(=O)[C@@H]3CCCCN3C(=O)C(=O)C(C)(C)COC(=O)/C=C\CCN(C)C(=O)[C@@H](Cc3ccccc3)NC(=O)[C@H](C(C)C)N(C)C(=O)[C@@H](Cc3ccccc3)NC(=O)[C@H](CC(C)C)N(C)C(=O)CCC(=O)Nc3cccc2c3)cc1OC. The number of carbonyl (C=O) groups excluding carboxylic acids is 10. The Morgan fingerprint density at radius 3 is 1.93 bits per heavy atom. The second-order valence-corrected chi connectivity index (χ2v) is 24.9. The number of rotatable bonds is 12. The Bertz CT molecular complexity index is 3220. The van der Waals surface area contributed by atoms with Crippen LogP contribution in [0.5, 0.6) is 11.5 Å². The highest BCUT2D eigenvalue weighted by Gasteiger charge is 2.43. The fraction of sp³-hybridized carbons (Fsp3) is 0.486. The molecule has 2 bridgehead atoms. The van der Waals surface area contributed by atoms with Crippen molar-refractivity contribution in [1.82, 2.24) is 30.2 Å². The Morgan fingerprint density at radius 2 is 1.31 bits per heavy atom. The summed E-state index contributed by atoms with van der Waals surface area (Å²) < 4.78 is 22.9. The number of carbonyl (C=O) groups is 10. The molecule has 0 spiro atoms. The number of Topliss-reactive ketones (excluding diaryl/α,β-unsaturated/α-hetero) is 1. The summed E-state index contributed by atoms with van der Waals surface area (Å²) >= 11 is 0. The molecule has 0 aromatic heterocycles. The van der Waals surface area contributed by atoms with Gasteiger partial charge in [0.15, 0.2) is 11.5 Å². The van der Waals surface area contributed by atoms with Crippen molar-refractivity contribution >= 4 is 64.8 Å². The summed E-state index contributed by atoms with van der Waals surface area (Å²) in [6, 6.07) is 24.6. The predicted molar refractivity (Wildman–Crippen MR) is 343 cm³/mol. The van der Waals surface area contributed by atoms with Crippen LogP contribution in [-0.4, -0.2) is 164 Å². The number of cyclic esters (lactones) is 2. The number of likely N-dealkylation sites (N-methyl/N-ethyl adjacent to an activating group) is 3. The first-order valence-electron chi connectivity index (χ1n) is 31.3. The van der Waals surface area contributed by atoms with Crippen molar-refractivity contribution in [3.8, 4) is 11.5 Å². The van der Waals surface area contributed by atoms with E-state index in [4.69, 9.17) is 18.9 Å². The van der Waals surface area contributed by atoms with Gasteiger partial charge in [0.1, 0.15) is 42.9 Å². The van der Waals surface area contributed by atoms with Crippen molar-refractivity contribution in [3.63, 3.8) is 0 Å². The first kappa shape index (κ1) is 71.2. The highest BCUT2D eigenvalue weighted by Crippen LogP contribution is 2.33. The Morgan fingerprint density at radius 1 is 0.670 bits per heavy atom. The normalized spacial score (nSPS) is 22.6. The molecular weight excluding hydrogens is 1160 g/mol. The molecule has 2 heterocycles. The molecule has 0 radical (unpaired) electrons. The Balaban J connectivity index is 1.33. The number of nitrogens with one attached hydrogen (secondary N) is 3. The fourth-order valence-electron chi connectivity index (χ4n) is 11.3. The monoisotopic (exact) mass is 1250 g/mol. The number of ketones is 1. The molecule has 91 heavy (non-hydrogen) atoms. The van der Waals surface area contributed by atoms with Gasteiger partial charge >= 0.3 is 11.9 Å². The Labute approximate surface area is 534 Å². The molecule has 3 N–H and O–H groups in total. The van der Waals surface area contributed by atoms with Crippen LogP contribution in [0.4, 0.5) is 5.69 Å². The number of esters is 2. The van der Waals surface area contributed by atoms with Crippen LogP contribution < -0.4 is 25.4 Å². The minimum atomic E-state index is -1.52. The zero-order chi connectivity index (χ0) is 66.5. The van der Waals surface area contributed by atoms with Gasteiger partial charge in [-0.05, 0) is 117 Å². The van der Waals surface area contributed by atoms with E-state index < -0.39 is 113 Å². The van der Waals surface area contributed by atoms with Gasteiger partial charge in [-0.1, -0.05) is 113 Å². The van der Waals surface area contributed by atoms with E-state index in [9.17, 15) is 47.9 Å². The largest absolute Gasteiger partial charge is 0.493 e. The molecule has 21 nitrogen and oxygen atoms in total. The van der Waals surface area contributed by atoms with Gasteiger partial charge in [0.2, 0.25) is 41.2 Å². The summed E-state index contributed by atoms with van der Waals surface area (Å²) in [6.45, 7) is 10.0. The summed E-state index contributed by atoms with van der Waals surface area (Å²) in [4.78, 5) is 148. The van der Waals surface area contributed by atoms with Crippen molar-refractivity contribution in [2.75, 3.05) is 60.4 Å².